The Kier molecular flexibility index (Phi) is 6.54. The average molecular weight is 426 g/mol. The van der Waals surface area contributed by atoms with Crippen molar-refractivity contribution in [1.29, 1.82) is 0 Å². The molecule has 1 fully saturated rings. The highest BCUT2D eigenvalue weighted by Gasteiger charge is 2.20. The fraction of sp³-hybridized carbons (Fsp3) is 0.261. The van der Waals surface area contributed by atoms with Gasteiger partial charge in [0.15, 0.2) is 0 Å². The first-order chi connectivity index (χ1) is 14.2. The molecular formula is C23H23NO3S2. The summed E-state index contributed by atoms with van der Waals surface area (Å²) >= 11 is 1.43. The zero-order valence-electron chi connectivity index (χ0n) is 16.0. The van der Waals surface area contributed by atoms with Gasteiger partial charge in [0.25, 0.3) is 5.91 Å². The molecule has 4 nitrogen and oxygen atoms in total. The van der Waals surface area contributed by atoms with E-state index < -0.39 is 10.8 Å². The van der Waals surface area contributed by atoms with E-state index in [9.17, 15) is 9.00 Å². The van der Waals surface area contributed by atoms with Crippen molar-refractivity contribution in [3.63, 3.8) is 0 Å². The van der Waals surface area contributed by atoms with Crippen molar-refractivity contribution in [3.05, 3.63) is 76.5 Å². The first-order valence-electron chi connectivity index (χ1n) is 9.69. The number of hydrogen-bond donors (Lipinski definition) is 1. The van der Waals surface area contributed by atoms with Crippen molar-refractivity contribution < 1.29 is 13.7 Å². The standard InChI is InChI=1S/C23H23NO3S2/c25-23(22-21(11-14-28-22)18-6-2-1-3-7-18)24-19-8-4-5-17(15-19)16-29(26)20-9-12-27-13-10-20/h1-8,11,14-15,20H,9-10,12-13,16H2,(H,24,25). The lowest BCUT2D eigenvalue weighted by molar-refractivity contribution is 0.0991. The molecule has 0 aliphatic carbocycles. The van der Waals surface area contributed by atoms with Crippen molar-refractivity contribution in [2.24, 2.45) is 0 Å². The normalized spacial score (nSPS) is 15.7. The lowest BCUT2D eigenvalue weighted by atomic mass is 10.1. The molecule has 29 heavy (non-hydrogen) atoms. The van der Waals surface area contributed by atoms with Crippen LogP contribution in [-0.2, 0) is 21.3 Å². The van der Waals surface area contributed by atoms with E-state index in [1.165, 1.54) is 11.3 Å². The summed E-state index contributed by atoms with van der Waals surface area (Å²) in [5, 5.41) is 5.13. The van der Waals surface area contributed by atoms with Crippen molar-refractivity contribution in [3.8, 4) is 11.1 Å². The Morgan fingerprint density at radius 1 is 1.07 bits per heavy atom. The van der Waals surface area contributed by atoms with Gasteiger partial charge in [0, 0.05) is 46.3 Å². The van der Waals surface area contributed by atoms with Gasteiger partial charge in [-0.25, -0.2) is 0 Å². The SMILES string of the molecule is O=C(Nc1cccc(CS(=O)C2CCOCC2)c1)c1sccc1-c1ccccc1. The van der Waals surface area contributed by atoms with Crippen LogP contribution in [-0.4, -0.2) is 28.6 Å². The minimum atomic E-state index is -0.927. The molecule has 1 aromatic heterocycles. The Balaban J connectivity index is 1.45. The summed E-state index contributed by atoms with van der Waals surface area (Å²) in [7, 11) is -0.927. The fourth-order valence-corrected chi connectivity index (χ4v) is 5.75. The van der Waals surface area contributed by atoms with Crippen LogP contribution in [0.3, 0.4) is 0 Å². The number of hydrogen-bond acceptors (Lipinski definition) is 4. The summed E-state index contributed by atoms with van der Waals surface area (Å²) in [5.74, 6) is 0.379. The van der Waals surface area contributed by atoms with Crippen molar-refractivity contribution in [1.82, 2.24) is 0 Å². The molecule has 2 aromatic carbocycles. The summed E-state index contributed by atoms with van der Waals surface area (Å²) in [6.45, 7) is 1.38. The van der Waals surface area contributed by atoms with E-state index in [0.29, 0.717) is 23.8 Å². The topological polar surface area (TPSA) is 55.4 Å². The summed E-state index contributed by atoms with van der Waals surface area (Å²) in [6.07, 6.45) is 1.70. The average Bonchev–Trinajstić information content (AvgIpc) is 3.25. The van der Waals surface area contributed by atoms with E-state index in [4.69, 9.17) is 4.74 Å². The van der Waals surface area contributed by atoms with Crippen LogP contribution < -0.4 is 5.32 Å². The molecule has 1 N–H and O–H groups in total. The maximum atomic E-state index is 12.9. The number of carbonyl (C=O) groups excluding carboxylic acids is 1. The summed E-state index contributed by atoms with van der Waals surface area (Å²) in [4.78, 5) is 13.6. The second-order valence-corrected chi connectivity index (χ2v) is 9.65. The van der Waals surface area contributed by atoms with Gasteiger partial charge in [0.05, 0.1) is 4.88 Å². The van der Waals surface area contributed by atoms with Gasteiger partial charge < -0.3 is 10.1 Å². The molecule has 1 unspecified atom stereocenters. The van der Waals surface area contributed by atoms with Crippen LogP contribution in [0.15, 0.2) is 66.0 Å². The molecule has 2 heterocycles. The first-order valence-corrected chi connectivity index (χ1v) is 11.9. The first kappa shape index (κ1) is 20.0. The predicted octanol–water partition coefficient (Wildman–Crippen LogP) is 5.10. The fourth-order valence-electron chi connectivity index (χ4n) is 3.48. The van der Waals surface area contributed by atoms with E-state index >= 15 is 0 Å². The number of amides is 1. The maximum absolute atomic E-state index is 12.9. The van der Waals surface area contributed by atoms with Gasteiger partial charge >= 0.3 is 0 Å². The lowest BCUT2D eigenvalue weighted by Crippen LogP contribution is -2.25. The van der Waals surface area contributed by atoms with Gasteiger partial charge in [-0.1, -0.05) is 42.5 Å². The molecule has 6 heteroatoms. The molecule has 1 atom stereocenters. The minimum Gasteiger partial charge on any atom is -0.381 e. The Bertz CT molecular complexity index is 994. The second kappa shape index (κ2) is 9.48. The van der Waals surface area contributed by atoms with Crippen LogP contribution in [0.5, 0.6) is 0 Å². The Morgan fingerprint density at radius 3 is 2.66 bits per heavy atom. The summed E-state index contributed by atoms with van der Waals surface area (Å²) in [5.41, 5.74) is 3.66. The molecule has 1 amide bonds. The Morgan fingerprint density at radius 2 is 1.86 bits per heavy atom. The van der Waals surface area contributed by atoms with Gasteiger partial charge in [-0.3, -0.25) is 9.00 Å². The molecule has 0 spiro atoms. The molecule has 0 saturated carbocycles. The quantitative estimate of drug-likeness (QED) is 0.598. The summed E-state index contributed by atoms with van der Waals surface area (Å²) in [6, 6.07) is 19.5. The molecular weight excluding hydrogens is 402 g/mol. The number of ether oxygens (including phenoxy) is 1. The van der Waals surface area contributed by atoms with Crippen molar-refractivity contribution >= 4 is 33.7 Å². The van der Waals surface area contributed by atoms with Gasteiger partial charge in [-0.2, -0.15) is 0 Å². The number of carbonyl (C=O) groups is 1. The number of anilines is 1. The predicted molar refractivity (Wildman–Crippen MR) is 120 cm³/mol. The molecule has 1 aliphatic rings. The highest BCUT2D eigenvalue weighted by molar-refractivity contribution is 7.84. The van der Waals surface area contributed by atoms with E-state index in [1.54, 1.807) is 0 Å². The number of rotatable bonds is 6. The Labute approximate surface area is 177 Å². The zero-order chi connectivity index (χ0) is 20.1. The highest BCUT2D eigenvalue weighted by atomic mass is 32.2. The number of nitrogens with one attached hydrogen (secondary N) is 1. The molecule has 1 saturated heterocycles. The van der Waals surface area contributed by atoms with E-state index in [-0.39, 0.29) is 11.2 Å². The smallest absolute Gasteiger partial charge is 0.266 e. The molecule has 0 bridgehead atoms. The zero-order valence-corrected chi connectivity index (χ0v) is 17.6. The van der Waals surface area contributed by atoms with Gasteiger partial charge in [0.2, 0.25) is 0 Å². The second-order valence-electron chi connectivity index (χ2n) is 7.02. The third-order valence-corrected chi connectivity index (χ3v) is 7.74. The van der Waals surface area contributed by atoms with Crippen LogP contribution in [0, 0.1) is 0 Å². The van der Waals surface area contributed by atoms with Crippen LogP contribution in [0.25, 0.3) is 11.1 Å². The molecule has 1 aliphatic heterocycles. The summed E-state index contributed by atoms with van der Waals surface area (Å²) < 4.78 is 18.0. The number of benzene rings is 2. The van der Waals surface area contributed by atoms with E-state index in [1.807, 2.05) is 66.0 Å². The van der Waals surface area contributed by atoms with Crippen molar-refractivity contribution in [2.45, 2.75) is 23.8 Å². The van der Waals surface area contributed by atoms with Crippen LogP contribution in [0.1, 0.15) is 28.1 Å². The molecule has 0 radical (unpaired) electrons. The Hall–Kier alpha value is -2.28. The van der Waals surface area contributed by atoms with Crippen LogP contribution in [0.4, 0.5) is 5.69 Å². The van der Waals surface area contributed by atoms with E-state index in [2.05, 4.69) is 5.32 Å². The molecule has 150 valence electrons. The van der Waals surface area contributed by atoms with E-state index in [0.717, 1.165) is 35.2 Å². The maximum Gasteiger partial charge on any atom is 0.266 e. The van der Waals surface area contributed by atoms with Gasteiger partial charge in [-0.15, -0.1) is 11.3 Å². The van der Waals surface area contributed by atoms with Gasteiger partial charge in [-0.05, 0) is 47.5 Å². The number of thiophene rings is 1. The van der Waals surface area contributed by atoms with Gasteiger partial charge in [0.1, 0.15) is 0 Å². The monoisotopic (exact) mass is 425 g/mol. The largest absolute Gasteiger partial charge is 0.381 e. The van der Waals surface area contributed by atoms with Crippen molar-refractivity contribution in [2.75, 3.05) is 18.5 Å². The minimum absolute atomic E-state index is 0.124. The molecule has 3 aromatic rings. The third-order valence-electron chi connectivity index (χ3n) is 4.99. The van der Waals surface area contributed by atoms with Crippen LogP contribution >= 0.6 is 11.3 Å². The third kappa shape index (κ3) is 5.01. The van der Waals surface area contributed by atoms with Crippen LogP contribution in [0.2, 0.25) is 0 Å². The molecule has 4 rings (SSSR count). The highest BCUT2D eigenvalue weighted by Crippen LogP contribution is 2.29. The lowest BCUT2D eigenvalue weighted by Gasteiger charge is -2.21.